The van der Waals surface area contributed by atoms with E-state index in [1.165, 1.54) is 0 Å². The van der Waals surface area contributed by atoms with Gasteiger partial charge < -0.3 is 14.5 Å². The Morgan fingerprint density at radius 3 is 2.21 bits per heavy atom. The van der Waals surface area contributed by atoms with Crippen molar-refractivity contribution in [3.63, 3.8) is 0 Å². The van der Waals surface area contributed by atoms with Gasteiger partial charge in [0, 0.05) is 36.9 Å². The van der Waals surface area contributed by atoms with Crippen molar-refractivity contribution in [2.45, 2.75) is 6.92 Å². The highest BCUT2D eigenvalue weighted by molar-refractivity contribution is 6.30. The Balaban J connectivity index is 1.49. The standard InChI is InChI=1S/C22H23ClN4O2/c1-16-15-21(27(24-16)19-7-9-20(29-2)10-8-19)22(28)26-13-11-25(12-14-26)18-5-3-17(23)4-6-18/h3-10,15H,11-14H2,1-2H3. The lowest BCUT2D eigenvalue weighted by Gasteiger charge is -2.36. The Kier molecular flexibility index (Phi) is 5.45. The Hall–Kier alpha value is -2.99. The van der Waals surface area contributed by atoms with Crippen LogP contribution in [0.4, 0.5) is 5.69 Å². The SMILES string of the molecule is COc1ccc(-n2nc(C)cc2C(=O)N2CCN(c3ccc(Cl)cc3)CC2)cc1. The molecule has 1 aromatic heterocycles. The van der Waals surface area contributed by atoms with E-state index in [4.69, 9.17) is 16.3 Å². The van der Waals surface area contributed by atoms with E-state index in [9.17, 15) is 4.79 Å². The molecule has 0 bridgehead atoms. The highest BCUT2D eigenvalue weighted by Crippen LogP contribution is 2.22. The predicted molar refractivity (Wildman–Crippen MR) is 114 cm³/mol. The third-order valence-electron chi connectivity index (χ3n) is 5.13. The summed E-state index contributed by atoms with van der Waals surface area (Å²) in [5.41, 5.74) is 3.35. The Bertz CT molecular complexity index is 991. The van der Waals surface area contributed by atoms with Gasteiger partial charge in [-0.2, -0.15) is 5.10 Å². The van der Waals surface area contributed by atoms with Crippen LogP contribution in [0.2, 0.25) is 5.02 Å². The first-order valence-electron chi connectivity index (χ1n) is 9.56. The molecular weight excluding hydrogens is 388 g/mol. The maximum atomic E-state index is 13.2. The van der Waals surface area contributed by atoms with Crippen molar-refractivity contribution < 1.29 is 9.53 Å². The lowest BCUT2D eigenvalue weighted by Crippen LogP contribution is -2.49. The molecule has 1 saturated heterocycles. The summed E-state index contributed by atoms with van der Waals surface area (Å²) in [6.45, 7) is 4.78. The minimum Gasteiger partial charge on any atom is -0.497 e. The number of piperazine rings is 1. The number of methoxy groups -OCH3 is 1. The second-order valence-electron chi connectivity index (χ2n) is 7.04. The van der Waals surface area contributed by atoms with Gasteiger partial charge in [-0.3, -0.25) is 4.79 Å². The number of hydrogen-bond donors (Lipinski definition) is 0. The number of carbonyl (C=O) groups is 1. The lowest BCUT2D eigenvalue weighted by molar-refractivity contribution is 0.0737. The van der Waals surface area contributed by atoms with Gasteiger partial charge in [-0.15, -0.1) is 0 Å². The molecule has 6 nitrogen and oxygen atoms in total. The van der Waals surface area contributed by atoms with Crippen LogP contribution < -0.4 is 9.64 Å². The molecule has 1 aliphatic rings. The van der Waals surface area contributed by atoms with Crippen LogP contribution in [-0.2, 0) is 0 Å². The number of anilines is 1. The molecule has 3 aromatic rings. The maximum Gasteiger partial charge on any atom is 0.272 e. The molecule has 2 heterocycles. The van der Waals surface area contributed by atoms with E-state index < -0.39 is 0 Å². The van der Waals surface area contributed by atoms with Gasteiger partial charge in [-0.05, 0) is 61.5 Å². The summed E-state index contributed by atoms with van der Waals surface area (Å²) in [7, 11) is 1.63. The van der Waals surface area contributed by atoms with Gasteiger partial charge in [0.15, 0.2) is 0 Å². The van der Waals surface area contributed by atoms with Gasteiger partial charge in [-0.25, -0.2) is 4.68 Å². The van der Waals surface area contributed by atoms with Crippen LogP contribution in [0.1, 0.15) is 16.2 Å². The minimum absolute atomic E-state index is 0.00262. The highest BCUT2D eigenvalue weighted by Gasteiger charge is 2.25. The fourth-order valence-electron chi connectivity index (χ4n) is 3.55. The molecule has 0 N–H and O–H groups in total. The minimum atomic E-state index is -0.00262. The Labute approximate surface area is 175 Å². The zero-order valence-electron chi connectivity index (χ0n) is 16.5. The second kappa shape index (κ2) is 8.17. The predicted octanol–water partition coefficient (Wildman–Crippen LogP) is 3.81. The van der Waals surface area contributed by atoms with E-state index >= 15 is 0 Å². The van der Waals surface area contributed by atoms with E-state index in [-0.39, 0.29) is 5.91 Å². The van der Waals surface area contributed by atoms with Crippen molar-refractivity contribution in [1.82, 2.24) is 14.7 Å². The Morgan fingerprint density at radius 2 is 1.59 bits per heavy atom. The second-order valence-corrected chi connectivity index (χ2v) is 7.47. The third-order valence-corrected chi connectivity index (χ3v) is 5.38. The van der Waals surface area contributed by atoms with Crippen LogP contribution in [-0.4, -0.2) is 53.9 Å². The van der Waals surface area contributed by atoms with Gasteiger partial charge in [0.1, 0.15) is 11.4 Å². The summed E-state index contributed by atoms with van der Waals surface area (Å²) in [6, 6.07) is 17.2. The topological polar surface area (TPSA) is 50.6 Å². The number of aryl methyl sites for hydroxylation is 1. The fraction of sp³-hybridized carbons (Fsp3) is 0.273. The first-order valence-corrected chi connectivity index (χ1v) is 9.94. The maximum absolute atomic E-state index is 13.2. The molecule has 0 unspecified atom stereocenters. The molecule has 1 amide bonds. The zero-order chi connectivity index (χ0) is 20.4. The lowest BCUT2D eigenvalue weighted by atomic mass is 10.2. The van der Waals surface area contributed by atoms with Crippen LogP contribution in [0.3, 0.4) is 0 Å². The smallest absolute Gasteiger partial charge is 0.272 e. The molecule has 1 fully saturated rings. The van der Waals surface area contributed by atoms with Crippen LogP contribution >= 0.6 is 11.6 Å². The summed E-state index contributed by atoms with van der Waals surface area (Å²) in [5.74, 6) is 0.765. The molecule has 0 saturated carbocycles. The number of carbonyl (C=O) groups excluding carboxylic acids is 1. The van der Waals surface area contributed by atoms with Crippen molar-refractivity contribution in [1.29, 1.82) is 0 Å². The summed E-state index contributed by atoms with van der Waals surface area (Å²) < 4.78 is 6.93. The summed E-state index contributed by atoms with van der Waals surface area (Å²) >= 11 is 5.98. The number of hydrogen-bond acceptors (Lipinski definition) is 4. The third kappa shape index (κ3) is 4.07. The monoisotopic (exact) mass is 410 g/mol. The number of aromatic nitrogens is 2. The molecule has 150 valence electrons. The van der Waals surface area contributed by atoms with Gasteiger partial charge >= 0.3 is 0 Å². The number of halogens is 1. The molecule has 4 rings (SSSR count). The van der Waals surface area contributed by atoms with Crippen molar-refractivity contribution in [2.24, 2.45) is 0 Å². The van der Waals surface area contributed by atoms with Gasteiger partial charge in [0.05, 0.1) is 18.5 Å². The van der Waals surface area contributed by atoms with Crippen molar-refractivity contribution >= 4 is 23.2 Å². The highest BCUT2D eigenvalue weighted by atomic mass is 35.5. The number of ether oxygens (including phenoxy) is 1. The average Bonchev–Trinajstić information content (AvgIpc) is 3.15. The molecule has 0 atom stereocenters. The normalized spacial score (nSPS) is 14.2. The van der Waals surface area contributed by atoms with Crippen LogP contribution in [0, 0.1) is 6.92 Å². The van der Waals surface area contributed by atoms with E-state index in [1.54, 1.807) is 11.8 Å². The molecule has 29 heavy (non-hydrogen) atoms. The molecule has 2 aromatic carbocycles. The molecule has 7 heteroatoms. The van der Waals surface area contributed by atoms with E-state index in [1.807, 2.05) is 66.4 Å². The van der Waals surface area contributed by atoms with Crippen molar-refractivity contribution in [3.05, 3.63) is 71.0 Å². The fourth-order valence-corrected chi connectivity index (χ4v) is 3.68. The van der Waals surface area contributed by atoms with Gasteiger partial charge in [0.25, 0.3) is 5.91 Å². The Morgan fingerprint density at radius 1 is 0.966 bits per heavy atom. The molecule has 0 aliphatic carbocycles. The average molecular weight is 411 g/mol. The molecule has 0 radical (unpaired) electrons. The zero-order valence-corrected chi connectivity index (χ0v) is 17.3. The van der Waals surface area contributed by atoms with E-state index in [0.29, 0.717) is 18.8 Å². The van der Waals surface area contributed by atoms with Crippen LogP contribution in [0.15, 0.2) is 54.6 Å². The number of rotatable bonds is 4. The summed E-state index contributed by atoms with van der Waals surface area (Å²) in [6.07, 6.45) is 0. The first kappa shape index (κ1) is 19.3. The van der Waals surface area contributed by atoms with Gasteiger partial charge in [-0.1, -0.05) is 11.6 Å². The molecule has 0 spiro atoms. The largest absolute Gasteiger partial charge is 0.497 e. The number of amides is 1. The summed E-state index contributed by atoms with van der Waals surface area (Å²) in [4.78, 5) is 17.4. The van der Waals surface area contributed by atoms with Crippen molar-refractivity contribution in [2.75, 3.05) is 38.2 Å². The summed E-state index contributed by atoms with van der Waals surface area (Å²) in [5, 5.41) is 5.26. The molecular formula is C22H23ClN4O2. The quantitative estimate of drug-likeness (QED) is 0.656. The number of nitrogens with zero attached hydrogens (tertiary/aromatic N) is 4. The van der Waals surface area contributed by atoms with Crippen LogP contribution in [0.5, 0.6) is 5.75 Å². The number of benzene rings is 2. The van der Waals surface area contributed by atoms with E-state index in [2.05, 4.69) is 10.00 Å². The molecule has 1 aliphatic heterocycles. The van der Waals surface area contributed by atoms with Crippen molar-refractivity contribution in [3.8, 4) is 11.4 Å². The van der Waals surface area contributed by atoms with E-state index in [0.717, 1.165) is 40.9 Å². The first-order chi connectivity index (χ1) is 14.0. The van der Waals surface area contributed by atoms with Crippen LogP contribution in [0.25, 0.3) is 5.69 Å². The van der Waals surface area contributed by atoms with Gasteiger partial charge in [0.2, 0.25) is 0 Å².